The summed E-state index contributed by atoms with van der Waals surface area (Å²) in [6, 6.07) is 9.95. The van der Waals surface area contributed by atoms with Crippen LogP contribution in [0, 0.1) is 0 Å². The molecule has 2 aromatic carbocycles. The summed E-state index contributed by atoms with van der Waals surface area (Å²) in [7, 11) is -2.20. The van der Waals surface area contributed by atoms with Gasteiger partial charge in [-0.3, -0.25) is 9.10 Å². The van der Waals surface area contributed by atoms with Crippen LogP contribution in [0.25, 0.3) is 0 Å². The number of hydrogen-bond acceptors (Lipinski definition) is 4. The van der Waals surface area contributed by atoms with E-state index in [0.29, 0.717) is 27.2 Å². The molecule has 0 spiro atoms. The van der Waals surface area contributed by atoms with Gasteiger partial charge in [0.1, 0.15) is 11.8 Å². The lowest BCUT2D eigenvalue weighted by Crippen LogP contribution is -2.45. The van der Waals surface area contributed by atoms with Gasteiger partial charge in [0.25, 0.3) is 0 Å². The number of nitrogens with one attached hydrogen (secondary N) is 1. The van der Waals surface area contributed by atoms with Crippen molar-refractivity contribution in [2.24, 2.45) is 0 Å². The third-order valence-corrected chi connectivity index (χ3v) is 5.22. The van der Waals surface area contributed by atoms with Gasteiger partial charge in [0, 0.05) is 15.7 Å². The van der Waals surface area contributed by atoms with Crippen LogP contribution in [0.2, 0.25) is 10.0 Å². The molecule has 0 saturated carbocycles. The van der Waals surface area contributed by atoms with E-state index in [9.17, 15) is 13.2 Å². The van der Waals surface area contributed by atoms with Gasteiger partial charge in [-0.2, -0.15) is 0 Å². The highest BCUT2D eigenvalue weighted by molar-refractivity contribution is 7.92. The first kappa shape index (κ1) is 20.4. The van der Waals surface area contributed by atoms with E-state index < -0.39 is 22.0 Å². The van der Waals surface area contributed by atoms with Crippen molar-refractivity contribution in [3.8, 4) is 5.75 Å². The van der Waals surface area contributed by atoms with E-state index in [2.05, 4.69) is 5.32 Å². The largest absolute Gasteiger partial charge is 0.497 e. The molecule has 2 aromatic rings. The third-order valence-electron chi connectivity index (χ3n) is 3.55. The Bertz CT molecular complexity index is 881. The van der Waals surface area contributed by atoms with Gasteiger partial charge >= 0.3 is 0 Å². The molecule has 0 heterocycles. The molecule has 1 atom stereocenters. The standard InChI is InChI=1S/C17H18Cl2N2O4S/c1-11(17(22)20-14-9-12(18)8-13(19)10-14)21(26(3,23)24)15-4-6-16(25-2)7-5-15/h4-11H,1-3H3,(H,20,22)/t11-/m0/s1. The number of amides is 1. The fourth-order valence-corrected chi connectivity index (χ4v) is 4.11. The molecule has 0 saturated heterocycles. The van der Waals surface area contributed by atoms with Gasteiger partial charge in [0.2, 0.25) is 15.9 Å². The number of carbonyl (C=O) groups excluding carboxylic acids is 1. The van der Waals surface area contributed by atoms with Gasteiger partial charge in [-0.25, -0.2) is 8.42 Å². The first-order chi connectivity index (χ1) is 12.1. The van der Waals surface area contributed by atoms with Crippen LogP contribution in [-0.2, 0) is 14.8 Å². The van der Waals surface area contributed by atoms with Crippen molar-refractivity contribution in [3.63, 3.8) is 0 Å². The molecule has 9 heteroatoms. The van der Waals surface area contributed by atoms with E-state index in [4.69, 9.17) is 27.9 Å². The molecule has 26 heavy (non-hydrogen) atoms. The van der Waals surface area contributed by atoms with Crippen LogP contribution < -0.4 is 14.4 Å². The van der Waals surface area contributed by atoms with E-state index in [0.717, 1.165) is 10.6 Å². The van der Waals surface area contributed by atoms with E-state index in [-0.39, 0.29) is 0 Å². The fraction of sp³-hybridized carbons (Fsp3) is 0.235. The SMILES string of the molecule is COc1ccc(N([C@@H](C)C(=O)Nc2cc(Cl)cc(Cl)c2)S(C)(=O)=O)cc1. The zero-order valence-electron chi connectivity index (χ0n) is 14.4. The summed E-state index contributed by atoms with van der Waals surface area (Å²) >= 11 is 11.8. The highest BCUT2D eigenvalue weighted by atomic mass is 35.5. The van der Waals surface area contributed by atoms with Crippen LogP contribution in [-0.4, -0.2) is 33.7 Å². The maximum absolute atomic E-state index is 12.6. The predicted octanol–water partition coefficient (Wildman–Crippen LogP) is 3.80. The lowest BCUT2D eigenvalue weighted by atomic mass is 10.2. The number of methoxy groups -OCH3 is 1. The first-order valence-electron chi connectivity index (χ1n) is 7.52. The number of hydrogen-bond donors (Lipinski definition) is 1. The highest BCUT2D eigenvalue weighted by Crippen LogP contribution is 2.26. The van der Waals surface area contributed by atoms with Crippen molar-refractivity contribution in [1.82, 2.24) is 0 Å². The van der Waals surface area contributed by atoms with Gasteiger partial charge in [-0.05, 0) is 49.4 Å². The zero-order chi connectivity index (χ0) is 19.5. The van der Waals surface area contributed by atoms with Gasteiger partial charge in [0.05, 0.1) is 19.1 Å². The molecule has 6 nitrogen and oxygen atoms in total. The van der Waals surface area contributed by atoms with Gasteiger partial charge in [0.15, 0.2) is 0 Å². The average molecular weight is 417 g/mol. The molecule has 1 amide bonds. The van der Waals surface area contributed by atoms with Gasteiger partial charge < -0.3 is 10.1 Å². The smallest absolute Gasteiger partial charge is 0.247 e. The minimum atomic E-state index is -3.71. The lowest BCUT2D eigenvalue weighted by molar-refractivity contribution is -0.116. The Balaban J connectivity index is 2.30. The van der Waals surface area contributed by atoms with Crippen LogP contribution in [0.5, 0.6) is 5.75 Å². The summed E-state index contributed by atoms with van der Waals surface area (Å²) < 4.78 is 30.6. The lowest BCUT2D eigenvalue weighted by Gasteiger charge is -2.28. The summed E-state index contributed by atoms with van der Waals surface area (Å²) in [6.07, 6.45) is 1.04. The number of benzene rings is 2. The van der Waals surface area contributed by atoms with E-state index in [1.54, 1.807) is 24.3 Å². The van der Waals surface area contributed by atoms with E-state index >= 15 is 0 Å². The number of nitrogens with zero attached hydrogens (tertiary/aromatic N) is 1. The van der Waals surface area contributed by atoms with Crippen LogP contribution in [0.3, 0.4) is 0 Å². The molecular formula is C17H18Cl2N2O4S. The maximum Gasteiger partial charge on any atom is 0.247 e. The summed E-state index contributed by atoms with van der Waals surface area (Å²) in [4.78, 5) is 12.6. The molecule has 0 bridgehead atoms. The first-order valence-corrected chi connectivity index (χ1v) is 10.1. The van der Waals surface area contributed by atoms with Crippen LogP contribution in [0.15, 0.2) is 42.5 Å². The van der Waals surface area contributed by atoms with Crippen molar-refractivity contribution >= 4 is 50.5 Å². The number of anilines is 2. The Labute approximate surface area is 162 Å². The van der Waals surface area contributed by atoms with Gasteiger partial charge in [-0.15, -0.1) is 0 Å². The number of sulfonamides is 1. The van der Waals surface area contributed by atoms with Crippen molar-refractivity contribution in [2.45, 2.75) is 13.0 Å². The topological polar surface area (TPSA) is 75.7 Å². The second kappa shape index (κ2) is 8.16. The van der Waals surface area contributed by atoms with Crippen LogP contribution in [0.4, 0.5) is 11.4 Å². The van der Waals surface area contributed by atoms with Crippen molar-refractivity contribution in [1.29, 1.82) is 0 Å². The summed E-state index contributed by atoms with van der Waals surface area (Å²) in [6.45, 7) is 1.49. The van der Waals surface area contributed by atoms with Crippen LogP contribution >= 0.6 is 23.2 Å². The normalized spacial score (nSPS) is 12.3. The number of rotatable bonds is 6. The summed E-state index contributed by atoms with van der Waals surface area (Å²) in [5.41, 5.74) is 0.725. The minimum Gasteiger partial charge on any atom is -0.497 e. The summed E-state index contributed by atoms with van der Waals surface area (Å²) in [5.74, 6) is 0.0532. The molecule has 0 aliphatic heterocycles. The number of ether oxygens (including phenoxy) is 1. The van der Waals surface area contributed by atoms with E-state index in [1.165, 1.54) is 32.2 Å². The van der Waals surface area contributed by atoms with Crippen molar-refractivity contribution in [2.75, 3.05) is 23.0 Å². The molecule has 0 aliphatic carbocycles. The predicted molar refractivity (Wildman–Crippen MR) is 105 cm³/mol. The number of halogens is 2. The Morgan fingerprint density at radius 1 is 1.12 bits per heavy atom. The molecule has 1 N–H and O–H groups in total. The average Bonchev–Trinajstić information content (AvgIpc) is 2.53. The molecule has 140 valence electrons. The Kier molecular flexibility index (Phi) is 6.39. The quantitative estimate of drug-likeness (QED) is 0.776. The molecule has 0 aliphatic rings. The van der Waals surface area contributed by atoms with Crippen molar-refractivity contribution < 1.29 is 17.9 Å². The molecule has 0 aromatic heterocycles. The van der Waals surface area contributed by atoms with Crippen molar-refractivity contribution in [3.05, 3.63) is 52.5 Å². The monoisotopic (exact) mass is 416 g/mol. The number of carbonyl (C=O) groups is 1. The molecule has 2 rings (SSSR count). The second-order valence-corrected chi connectivity index (χ2v) is 8.31. The highest BCUT2D eigenvalue weighted by Gasteiger charge is 2.29. The summed E-state index contributed by atoms with van der Waals surface area (Å²) in [5, 5.41) is 3.34. The Hall–Kier alpha value is -1.96. The zero-order valence-corrected chi connectivity index (χ0v) is 16.7. The second-order valence-electron chi connectivity index (χ2n) is 5.58. The van der Waals surface area contributed by atoms with Gasteiger partial charge in [-0.1, -0.05) is 23.2 Å². The molecule has 0 fully saturated rings. The van der Waals surface area contributed by atoms with Crippen LogP contribution in [0.1, 0.15) is 6.92 Å². The molecule has 0 unspecified atom stereocenters. The Morgan fingerprint density at radius 3 is 2.12 bits per heavy atom. The molecular weight excluding hydrogens is 399 g/mol. The fourth-order valence-electron chi connectivity index (χ4n) is 2.41. The minimum absolute atomic E-state index is 0.347. The maximum atomic E-state index is 12.6. The molecule has 0 radical (unpaired) electrons. The Morgan fingerprint density at radius 2 is 1.65 bits per heavy atom. The third kappa shape index (κ3) is 5.03. The van der Waals surface area contributed by atoms with E-state index in [1.807, 2.05) is 0 Å².